The number of sulfonamides is 1. The second-order valence-electron chi connectivity index (χ2n) is 6.09. The van der Waals surface area contributed by atoms with Gasteiger partial charge < -0.3 is 15.3 Å². The molecule has 0 radical (unpaired) electrons. The lowest BCUT2D eigenvalue weighted by Crippen LogP contribution is -2.12. The fourth-order valence-corrected chi connectivity index (χ4v) is 3.55. The highest BCUT2D eigenvalue weighted by molar-refractivity contribution is 7.92. The van der Waals surface area contributed by atoms with E-state index >= 15 is 0 Å². The largest absolute Gasteiger partial charge is 0.508 e. The van der Waals surface area contributed by atoms with Crippen LogP contribution in [-0.2, 0) is 10.0 Å². The Kier molecular flexibility index (Phi) is 5.56. The second kappa shape index (κ2) is 8.07. The molecule has 3 aromatic carbocycles. The molecule has 3 rings (SSSR count). The van der Waals surface area contributed by atoms with Gasteiger partial charge in [-0.3, -0.25) is 9.52 Å². The Hall–Kier alpha value is -3.78. The minimum Gasteiger partial charge on any atom is -0.508 e. The minimum atomic E-state index is -3.83. The summed E-state index contributed by atoms with van der Waals surface area (Å²) in [5, 5.41) is 28.5. The van der Waals surface area contributed by atoms with E-state index in [0.717, 1.165) is 0 Å². The first-order valence-corrected chi connectivity index (χ1v) is 9.90. The molecule has 0 fully saturated rings. The van der Waals surface area contributed by atoms with Crippen LogP contribution in [0, 0.1) is 0 Å². The molecule has 148 valence electrons. The van der Waals surface area contributed by atoms with Gasteiger partial charge in [0.2, 0.25) is 0 Å². The highest BCUT2D eigenvalue weighted by Crippen LogP contribution is 2.29. The summed E-state index contributed by atoms with van der Waals surface area (Å²) in [6.45, 7) is 0. The zero-order valence-corrected chi connectivity index (χ0v) is 15.8. The molecule has 4 N–H and O–H groups in total. The molecule has 0 saturated heterocycles. The number of phenolic OH excluding ortho intramolecular Hbond substituents is 3. The minimum absolute atomic E-state index is 0.00990. The van der Waals surface area contributed by atoms with Gasteiger partial charge in [0.1, 0.15) is 5.75 Å². The van der Waals surface area contributed by atoms with Crippen LogP contribution in [0.1, 0.15) is 15.9 Å². The lowest BCUT2D eigenvalue weighted by molar-refractivity contribution is 0.104. The van der Waals surface area contributed by atoms with E-state index in [1.807, 2.05) is 0 Å². The summed E-state index contributed by atoms with van der Waals surface area (Å²) in [6, 6.07) is 15.3. The quantitative estimate of drug-likeness (QED) is 0.280. The van der Waals surface area contributed by atoms with Crippen molar-refractivity contribution in [2.75, 3.05) is 4.72 Å². The van der Waals surface area contributed by atoms with Gasteiger partial charge in [-0.05, 0) is 66.7 Å². The molecule has 0 bridgehead atoms. The Labute approximate surface area is 167 Å². The molecule has 0 aliphatic heterocycles. The number of benzene rings is 3. The van der Waals surface area contributed by atoms with Crippen LogP contribution in [0.15, 0.2) is 77.7 Å². The predicted octanol–water partition coefficient (Wildman–Crippen LogP) is 3.50. The van der Waals surface area contributed by atoms with E-state index in [0.29, 0.717) is 5.56 Å². The smallest absolute Gasteiger partial charge is 0.261 e. The Morgan fingerprint density at radius 1 is 0.862 bits per heavy atom. The van der Waals surface area contributed by atoms with Crippen LogP contribution >= 0.6 is 0 Å². The zero-order chi connectivity index (χ0) is 21.0. The maximum Gasteiger partial charge on any atom is 0.261 e. The zero-order valence-electron chi connectivity index (χ0n) is 15.0. The van der Waals surface area contributed by atoms with Crippen LogP contribution in [0.25, 0.3) is 6.08 Å². The molecule has 0 saturated carbocycles. The lowest BCUT2D eigenvalue weighted by atomic mass is 10.1. The molecular weight excluding hydrogens is 394 g/mol. The Morgan fingerprint density at radius 2 is 1.52 bits per heavy atom. The van der Waals surface area contributed by atoms with Gasteiger partial charge in [-0.2, -0.15) is 0 Å². The molecule has 29 heavy (non-hydrogen) atoms. The van der Waals surface area contributed by atoms with E-state index in [1.165, 1.54) is 72.8 Å². The summed E-state index contributed by atoms with van der Waals surface area (Å²) in [7, 11) is -3.83. The van der Waals surface area contributed by atoms with Crippen molar-refractivity contribution in [1.82, 2.24) is 0 Å². The van der Waals surface area contributed by atoms with E-state index in [2.05, 4.69) is 4.72 Å². The van der Waals surface area contributed by atoms with Gasteiger partial charge in [0, 0.05) is 16.8 Å². The van der Waals surface area contributed by atoms with Gasteiger partial charge in [0.05, 0.1) is 4.90 Å². The average Bonchev–Trinajstić information content (AvgIpc) is 2.69. The van der Waals surface area contributed by atoms with Crippen molar-refractivity contribution >= 4 is 27.6 Å². The van der Waals surface area contributed by atoms with Crippen molar-refractivity contribution in [3.05, 3.63) is 83.9 Å². The molecule has 0 aliphatic rings. The number of aromatic hydroxyl groups is 3. The molecule has 0 aliphatic carbocycles. The fourth-order valence-electron chi connectivity index (χ4n) is 2.49. The number of nitrogens with one attached hydrogen (secondary N) is 1. The number of rotatable bonds is 6. The molecular formula is C21H17NO6S. The number of carbonyl (C=O) groups excluding carboxylic acids is 1. The molecule has 7 nitrogen and oxygen atoms in total. The Balaban J connectivity index is 1.72. The Bertz CT molecular complexity index is 1170. The number of allylic oxidation sites excluding steroid dienone is 1. The number of hydrogen-bond donors (Lipinski definition) is 4. The van der Waals surface area contributed by atoms with Crippen molar-refractivity contribution in [3.8, 4) is 17.2 Å². The summed E-state index contributed by atoms with van der Waals surface area (Å²) in [5.41, 5.74) is 0.870. The van der Waals surface area contributed by atoms with Crippen LogP contribution in [0.2, 0.25) is 0 Å². The summed E-state index contributed by atoms with van der Waals surface area (Å²) >= 11 is 0. The van der Waals surface area contributed by atoms with Crippen LogP contribution in [0.4, 0.5) is 5.69 Å². The number of phenols is 3. The number of anilines is 1. The summed E-state index contributed by atoms with van der Waals surface area (Å²) < 4.78 is 27.1. The summed E-state index contributed by atoms with van der Waals surface area (Å²) in [5.74, 6) is -1.01. The van der Waals surface area contributed by atoms with E-state index in [4.69, 9.17) is 0 Å². The molecule has 0 spiro atoms. The van der Waals surface area contributed by atoms with E-state index < -0.39 is 10.0 Å². The highest BCUT2D eigenvalue weighted by atomic mass is 32.2. The van der Waals surface area contributed by atoms with Gasteiger partial charge >= 0.3 is 0 Å². The van der Waals surface area contributed by atoms with Crippen LogP contribution in [0.5, 0.6) is 17.2 Å². The maximum atomic E-state index is 12.3. The van der Waals surface area contributed by atoms with Gasteiger partial charge in [-0.15, -0.1) is 0 Å². The van der Waals surface area contributed by atoms with Crippen molar-refractivity contribution in [3.63, 3.8) is 0 Å². The molecule has 8 heteroatoms. The van der Waals surface area contributed by atoms with Gasteiger partial charge in [-0.1, -0.05) is 12.1 Å². The average molecular weight is 411 g/mol. The molecule has 0 aromatic heterocycles. The standard InChI is InChI=1S/C21H17NO6S/c23-17-9-11-18(12-10-17)29(27,28)22-16-7-4-14(5-8-16)19(24)13-6-15-2-1-3-20(25)21(15)26/h1-13,22-23,25-26H. The monoisotopic (exact) mass is 411 g/mol. The van der Waals surface area contributed by atoms with Crippen LogP contribution in [-0.4, -0.2) is 29.5 Å². The highest BCUT2D eigenvalue weighted by Gasteiger charge is 2.14. The molecule has 0 atom stereocenters. The molecule has 0 unspecified atom stereocenters. The Morgan fingerprint density at radius 3 is 2.17 bits per heavy atom. The van der Waals surface area contributed by atoms with Gasteiger partial charge in [-0.25, -0.2) is 8.42 Å². The van der Waals surface area contributed by atoms with Crippen molar-refractivity contribution in [2.24, 2.45) is 0 Å². The number of ketones is 1. The SMILES string of the molecule is O=C(C=Cc1cccc(O)c1O)c1ccc(NS(=O)(=O)c2ccc(O)cc2)cc1. The normalized spacial score (nSPS) is 11.4. The van der Waals surface area contributed by atoms with Crippen molar-refractivity contribution in [2.45, 2.75) is 4.90 Å². The van der Waals surface area contributed by atoms with Crippen molar-refractivity contribution < 1.29 is 28.5 Å². The first-order valence-electron chi connectivity index (χ1n) is 8.41. The first kappa shape index (κ1) is 20.0. The van der Waals surface area contributed by atoms with E-state index in [9.17, 15) is 28.5 Å². The predicted molar refractivity (Wildman–Crippen MR) is 108 cm³/mol. The topological polar surface area (TPSA) is 124 Å². The van der Waals surface area contributed by atoms with Gasteiger partial charge in [0.25, 0.3) is 10.0 Å². The first-order chi connectivity index (χ1) is 13.8. The number of hydrogen-bond acceptors (Lipinski definition) is 6. The third-order valence-electron chi connectivity index (χ3n) is 4.03. The fraction of sp³-hybridized carbons (Fsp3) is 0. The maximum absolute atomic E-state index is 12.3. The van der Waals surface area contributed by atoms with E-state index in [-0.39, 0.29) is 39.2 Å². The lowest BCUT2D eigenvalue weighted by Gasteiger charge is -2.08. The van der Waals surface area contributed by atoms with Gasteiger partial charge in [0.15, 0.2) is 17.3 Å². The summed E-state index contributed by atoms with van der Waals surface area (Å²) in [4.78, 5) is 12.3. The third kappa shape index (κ3) is 4.74. The number of para-hydroxylation sites is 1. The molecule has 3 aromatic rings. The van der Waals surface area contributed by atoms with E-state index in [1.54, 1.807) is 6.07 Å². The second-order valence-corrected chi connectivity index (χ2v) is 7.77. The molecule has 0 amide bonds. The van der Waals surface area contributed by atoms with Crippen LogP contribution < -0.4 is 4.72 Å². The number of carbonyl (C=O) groups is 1. The third-order valence-corrected chi connectivity index (χ3v) is 5.43. The van der Waals surface area contributed by atoms with Crippen molar-refractivity contribution in [1.29, 1.82) is 0 Å². The molecule has 0 heterocycles. The van der Waals surface area contributed by atoms with Crippen LogP contribution in [0.3, 0.4) is 0 Å². The summed E-state index contributed by atoms with van der Waals surface area (Å²) in [6.07, 6.45) is 2.61.